The Balaban J connectivity index is 1.68. The third-order valence-electron chi connectivity index (χ3n) is 6.13. The van der Waals surface area contributed by atoms with Crippen LogP contribution in [0.3, 0.4) is 0 Å². The van der Waals surface area contributed by atoms with Crippen molar-refractivity contribution in [1.82, 2.24) is 19.8 Å². The average molecular weight is 423 g/mol. The molecule has 2 aromatic rings. The molecule has 8 nitrogen and oxygen atoms in total. The molecule has 0 aliphatic carbocycles. The maximum atomic E-state index is 13.2. The number of likely N-dealkylation sites (tertiary alicyclic amines) is 2. The molecule has 31 heavy (non-hydrogen) atoms. The summed E-state index contributed by atoms with van der Waals surface area (Å²) >= 11 is 0. The average Bonchev–Trinajstić information content (AvgIpc) is 3.45. The van der Waals surface area contributed by atoms with Crippen LogP contribution in [-0.4, -0.2) is 71.9 Å². The standard InChI is InChI=1S/C23H30N6O2/c1-27(2)23-25-14-18(16-7-9-17(10-8-16)22(24)31)21(26-23)19-6-5-13-29(19)20(30)15-28-11-3-4-12-28/h7-10,14,19H,3-6,11-13,15H2,1-2H3,(H2,24,31)/t19-/m1/s1. The molecule has 2 saturated heterocycles. The Morgan fingerprint density at radius 2 is 1.81 bits per heavy atom. The van der Waals surface area contributed by atoms with E-state index in [1.165, 1.54) is 12.8 Å². The molecule has 0 spiro atoms. The molecule has 2 aliphatic rings. The van der Waals surface area contributed by atoms with Crippen LogP contribution in [0.25, 0.3) is 11.1 Å². The lowest BCUT2D eigenvalue weighted by Gasteiger charge is -2.28. The first-order chi connectivity index (χ1) is 14.9. The molecule has 0 radical (unpaired) electrons. The van der Waals surface area contributed by atoms with Gasteiger partial charge in [-0.1, -0.05) is 12.1 Å². The van der Waals surface area contributed by atoms with Crippen LogP contribution < -0.4 is 10.6 Å². The van der Waals surface area contributed by atoms with E-state index < -0.39 is 5.91 Å². The van der Waals surface area contributed by atoms with Crippen LogP contribution in [0.1, 0.15) is 47.8 Å². The lowest BCUT2D eigenvalue weighted by molar-refractivity contribution is -0.133. The first-order valence-electron chi connectivity index (χ1n) is 10.9. The molecule has 2 aliphatic heterocycles. The van der Waals surface area contributed by atoms with Gasteiger partial charge in [0, 0.05) is 38.0 Å². The topological polar surface area (TPSA) is 95.7 Å². The van der Waals surface area contributed by atoms with E-state index in [1.807, 2.05) is 42.2 Å². The molecule has 0 saturated carbocycles. The number of benzene rings is 1. The van der Waals surface area contributed by atoms with Crippen molar-refractivity contribution in [1.29, 1.82) is 0 Å². The molecular formula is C23H30N6O2. The molecule has 4 rings (SSSR count). The van der Waals surface area contributed by atoms with Crippen LogP contribution in [0.5, 0.6) is 0 Å². The van der Waals surface area contributed by atoms with E-state index in [1.54, 1.807) is 12.1 Å². The smallest absolute Gasteiger partial charge is 0.248 e. The van der Waals surface area contributed by atoms with Gasteiger partial charge in [0.05, 0.1) is 18.3 Å². The Hall–Kier alpha value is -3.00. The molecular weight excluding hydrogens is 392 g/mol. The van der Waals surface area contributed by atoms with Crippen molar-refractivity contribution in [2.45, 2.75) is 31.7 Å². The Morgan fingerprint density at radius 3 is 2.45 bits per heavy atom. The lowest BCUT2D eigenvalue weighted by atomic mass is 9.98. The molecule has 3 heterocycles. The second-order valence-electron chi connectivity index (χ2n) is 8.53. The fourth-order valence-electron chi connectivity index (χ4n) is 4.46. The first kappa shape index (κ1) is 21.2. The van der Waals surface area contributed by atoms with Crippen molar-refractivity contribution in [2.24, 2.45) is 5.73 Å². The number of rotatable bonds is 6. The van der Waals surface area contributed by atoms with E-state index >= 15 is 0 Å². The number of hydrogen-bond donors (Lipinski definition) is 1. The Labute approximate surface area is 183 Å². The van der Waals surface area contributed by atoms with Crippen LogP contribution in [0.15, 0.2) is 30.5 Å². The van der Waals surface area contributed by atoms with Gasteiger partial charge >= 0.3 is 0 Å². The van der Waals surface area contributed by atoms with Gasteiger partial charge in [-0.2, -0.15) is 0 Å². The summed E-state index contributed by atoms with van der Waals surface area (Å²) < 4.78 is 0. The van der Waals surface area contributed by atoms with E-state index in [-0.39, 0.29) is 11.9 Å². The monoisotopic (exact) mass is 422 g/mol. The Morgan fingerprint density at radius 1 is 1.10 bits per heavy atom. The third-order valence-corrected chi connectivity index (χ3v) is 6.13. The summed E-state index contributed by atoms with van der Waals surface area (Å²) in [6.45, 7) is 3.23. The number of carbonyl (C=O) groups is 2. The number of anilines is 1. The SMILES string of the molecule is CN(C)c1ncc(-c2ccc(C(N)=O)cc2)c([C@H]2CCCN2C(=O)CN2CCCC2)n1. The minimum absolute atomic E-state index is 0.0809. The summed E-state index contributed by atoms with van der Waals surface area (Å²) in [6.07, 6.45) is 5.98. The Bertz CT molecular complexity index is 953. The molecule has 1 aromatic heterocycles. The van der Waals surface area contributed by atoms with Crippen molar-refractivity contribution >= 4 is 17.8 Å². The molecule has 1 atom stereocenters. The minimum Gasteiger partial charge on any atom is -0.366 e. The van der Waals surface area contributed by atoms with Crippen LogP contribution in [0.2, 0.25) is 0 Å². The van der Waals surface area contributed by atoms with Gasteiger partial charge in [0.15, 0.2) is 0 Å². The molecule has 2 fully saturated rings. The van der Waals surface area contributed by atoms with Crippen LogP contribution >= 0.6 is 0 Å². The van der Waals surface area contributed by atoms with Gasteiger partial charge in [0.25, 0.3) is 0 Å². The van der Waals surface area contributed by atoms with Gasteiger partial charge in [0.2, 0.25) is 17.8 Å². The summed E-state index contributed by atoms with van der Waals surface area (Å²) in [6, 6.07) is 7.08. The quantitative estimate of drug-likeness (QED) is 0.766. The zero-order valence-electron chi connectivity index (χ0n) is 18.3. The largest absolute Gasteiger partial charge is 0.366 e. The molecule has 2 amide bonds. The predicted octanol–water partition coefficient (Wildman–Crippen LogP) is 2.07. The van der Waals surface area contributed by atoms with Crippen molar-refractivity contribution in [2.75, 3.05) is 45.2 Å². The summed E-state index contributed by atoms with van der Waals surface area (Å²) in [7, 11) is 3.82. The van der Waals surface area contributed by atoms with Gasteiger partial charge in [-0.3, -0.25) is 14.5 Å². The highest BCUT2D eigenvalue weighted by atomic mass is 16.2. The van der Waals surface area contributed by atoms with Crippen molar-refractivity contribution < 1.29 is 9.59 Å². The lowest BCUT2D eigenvalue weighted by Crippen LogP contribution is -2.39. The van der Waals surface area contributed by atoms with Gasteiger partial charge in [-0.05, 0) is 56.5 Å². The van der Waals surface area contributed by atoms with Gasteiger partial charge in [0.1, 0.15) is 0 Å². The van der Waals surface area contributed by atoms with Crippen molar-refractivity contribution in [3.63, 3.8) is 0 Å². The summed E-state index contributed by atoms with van der Waals surface area (Å²) in [5.74, 6) is 0.330. The number of aromatic nitrogens is 2. The number of nitrogens with zero attached hydrogens (tertiary/aromatic N) is 5. The van der Waals surface area contributed by atoms with E-state index in [0.29, 0.717) is 18.1 Å². The second-order valence-corrected chi connectivity index (χ2v) is 8.53. The van der Waals surface area contributed by atoms with Gasteiger partial charge in [-0.25, -0.2) is 9.97 Å². The van der Waals surface area contributed by atoms with Gasteiger partial charge in [-0.15, -0.1) is 0 Å². The Kier molecular flexibility index (Phi) is 6.18. The zero-order chi connectivity index (χ0) is 22.0. The van der Waals surface area contributed by atoms with Crippen molar-refractivity contribution in [3.05, 3.63) is 41.7 Å². The highest BCUT2D eigenvalue weighted by molar-refractivity contribution is 5.93. The molecule has 2 N–H and O–H groups in total. The molecule has 0 unspecified atom stereocenters. The fraction of sp³-hybridized carbons (Fsp3) is 0.478. The summed E-state index contributed by atoms with van der Waals surface area (Å²) in [5, 5.41) is 0. The van der Waals surface area contributed by atoms with Crippen LogP contribution in [0.4, 0.5) is 5.95 Å². The zero-order valence-corrected chi connectivity index (χ0v) is 18.3. The highest BCUT2D eigenvalue weighted by Gasteiger charge is 2.34. The van der Waals surface area contributed by atoms with E-state index in [0.717, 1.165) is 49.3 Å². The minimum atomic E-state index is -0.458. The maximum Gasteiger partial charge on any atom is 0.248 e. The number of hydrogen-bond acceptors (Lipinski definition) is 6. The second kappa shape index (κ2) is 9.01. The van der Waals surface area contributed by atoms with Crippen molar-refractivity contribution in [3.8, 4) is 11.1 Å². The molecule has 0 bridgehead atoms. The van der Waals surface area contributed by atoms with E-state index in [2.05, 4.69) is 9.88 Å². The van der Waals surface area contributed by atoms with Gasteiger partial charge < -0.3 is 15.5 Å². The maximum absolute atomic E-state index is 13.2. The third kappa shape index (κ3) is 4.54. The van der Waals surface area contributed by atoms with E-state index in [4.69, 9.17) is 10.7 Å². The molecule has 1 aromatic carbocycles. The number of amides is 2. The fourth-order valence-corrected chi connectivity index (χ4v) is 4.46. The number of primary amides is 1. The number of nitrogens with two attached hydrogens (primary N) is 1. The summed E-state index contributed by atoms with van der Waals surface area (Å²) in [5.41, 5.74) is 8.49. The first-order valence-corrected chi connectivity index (χ1v) is 10.9. The normalized spacial score (nSPS) is 19.0. The molecule has 8 heteroatoms. The van der Waals surface area contributed by atoms with Crippen LogP contribution in [0, 0.1) is 0 Å². The van der Waals surface area contributed by atoms with Crippen LogP contribution in [-0.2, 0) is 4.79 Å². The molecule has 164 valence electrons. The number of carbonyl (C=O) groups excluding carboxylic acids is 2. The predicted molar refractivity (Wildman–Crippen MR) is 120 cm³/mol. The summed E-state index contributed by atoms with van der Waals surface area (Å²) in [4.78, 5) is 40.1. The highest BCUT2D eigenvalue weighted by Crippen LogP contribution is 2.37. The van der Waals surface area contributed by atoms with E-state index in [9.17, 15) is 9.59 Å².